The number of benzene rings is 1. The largest absolute Gasteiger partial charge is 0.496 e. The minimum absolute atomic E-state index is 0.746. The van der Waals surface area contributed by atoms with Crippen molar-refractivity contribution in [2.24, 2.45) is 5.92 Å². The molecule has 2 rings (SSSR count). The third-order valence-electron chi connectivity index (χ3n) is 4.18. The number of methoxy groups -OCH3 is 1. The van der Waals surface area contributed by atoms with Crippen molar-refractivity contribution in [3.05, 3.63) is 29.3 Å². The Balaban J connectivity index is 1.88. The van der Waals surface area contributed by atoms with Crippen molar-refractivity contribution in [2.75, 3.05) is 39.8 Å². The molecule has 0 saturated carbocycles. The molecule has 0 amide bonds. The van der Waals surface area contributed by atoms with E-state index in [0.29, 0.717) is 0 Å². The molecule has 1 aromatic carbocycles. The summed E-state index contributed by atoms with van der Waals surface area (Å²) in [6, 6.07) is 6.64. The van der Waals surface area contributed by atoms with Crippen LogP contribution in [-0.2, 0) is 13.1 Å². The van der Waals surface area contributed by atoms with Crippen LogP contribution in [0.4, 0.5) is 0 Å². The molecule has 124 valence electrons. The van der Waals surface area contributed by atoms with E-state index in [1.54, 1.807) is 7.11 Å². The standard InChI is InChI=1S/C18H31N3O/c1-15(2)6-7-20-13-17-5-4-16(12-18(17)22-3)14-21-10-8-19-9-11-21/h4-5,12,15,19-20H,6-11,13-14H2,1-3H3. The number of nitrogens with one attached hydrogen (secondary N) is 2. The fourth-order valence-electron chi connectivity index (χ4n) is 2.77. The number of piperazine rings is 1. The Morgan fingerprint density at radius 3 is 2.73 bits per heavy atom. The summed E-state index contributed by atoms with van der Waals surface area (Å²) in [5.74, 6) is 1.75. The van der Waals surface area contributed by atoms with Crippen LogP contribution in [0, 0.1) is 5.92 Å². The third-order valence-corrected chi connectivity index (χ3v) is 4.18. The highest BCUT2D eigenvalue weighted by molar-refractivity contribution is 5.37. The molecule has 1 aliphatic heterocycles. The van der Waals surface area contributed by atoms with Gasteiger partial charge in [0.2, 0.25) is 0 Å². The zero-order chi connectivity index (χ0) is 15.8. The van der Waals surface area contributed by atoms with E-state index in [4.69, 9.17) is 4.74 Å². The van der Waals surface area contributed by atoms with Crippen molar-refractivity contribution in [3.8, 4) is 5.75 Å². The Labute approximate surface area is 135 Å². The first-order chi connectivity index (χ1) is 10.7. The van der Waals surface area contributed by atoms with Crippen LogP contribution in [0.25, 0.3) is 0 Å². The van der Waals surface area contributed by atoms with E-state index in [1.807, 2.05) is 0 Å². The van der Waals surface area contributed by atoms with Gasteiger partial charge in [0.1, 0.15) is 5.75 Å². The lowest BCUT2D eigenvalue weighted by atomic mass is 10.1. The topological polar surface area (TPSA) is 36.5 Å². The van der Waals surface area contributed by atoms with E-state index in [9.17, 15) is 0 Å². The second-order valence-electron chi connectivity index (χ2n) is 6.53. The van der Waals surface area contributed by atoms with Crippen molar-refractivity contribution in [1.29, 1.82) is 0 Å². The Morgan fingerprint density at radius 1 is 1.27 bits per heavy atom. The number of hydrogen-bond acceptors (Lipinski definition) is 4. The van der Waals surface area contributed by atoms with Gasteiger partial charge in [-0.15, -0.1) is 0 Å². The molecule has 0 spiro atoms. The molecule has 1 fully saturated rings. The average molecular weight is 305 g/mol. The van der Waals surface area contributed by atoms with Crippen LogP contribution in [0.5, 0.6) is 5.75 Å². The van der Waals surface area contributed by atoms with E-state index in [0.717, 1.165) is 57.5 Å². The second kappa shape index (κ2) is 9.13. The molecule has 1 aliphatic rings. The van der Waals surface area contributed by atoms with E-state index < -0.39 is 0 Å². The molecular weight excluding hydrogens is 274 g/mol. The highest BCUT2D eigenvalue weighted by Crippen LogP contribution is 2.21. The summed E-state index contributed by atoms with van der Waals surface area (Å²) in [5, 5.41) is 6.90. The molecule has 1 aromatic rings. The van der Waals surface area contributed by atoms with Gasteiger partial charge in [-0.25, -0.2) is 0 Å². The van der Waals surface area contributed by atoms with Crippen LogP contribution in [0.15, 0.2) is 18.2 Å². The smallest absolute Gasteiger partial charge is 0.123 e. The van der Waals surface area contributed by atoms with E-state index in [-0.39, 0.29) is 0 Å². The van der Waals surface area contributed by atoms with E-state index >= 15 is 0 Å². The van der Waals surface area contributed by atoms with Gasteiger partial charge in [0, 0.05) is 44.8 Å². The Kier molecular flexibility index (Phi) is 7.16. The summed E-state index contributed by atoms with van der Waals surface area (Å²) in [5.41, 5.74) is 2.58. The lowest BCUT2D eigenvalue weighted by molar-refractivity contribution is 0.233. The molecule has 2 N–H and O–H groups in total. The SMILES string of the molecule is COc1cc(CN2CCNCC2)ccc1CNCCC(C)C. The summed E-state index contributed by atoms with van der Waals surface area (Å²) in [7, 11) is 1.77. The van der Waals surface area contributed by atoms with Gasteiger partial charge in [0.15, 0.2) is 0 Å². The van der Waals surface area contributed by atoms with Gasteiger partial charge in [0.25, 0.3) is 0 Å². The first-order valence-corrected chi connectivity index (χ1v) is 8.48. The van der Waals surface area contributed by atoms with Crippen molar-refractivity contribution in [1.82, 2.24) is 15.5 Å². The van der Waals surface area contributed by atoms with Crippen LogP contribution in [0.3, 0.4) is 0 Å². The second-order valence-corrected chi connectivity index (χ2v) is 6.53. The maximum atomic E-state index is 5.58. The van der Waals surface area contributed by atoms with Crippen LogP contribution in [-0.4, -0.2) is 44.7 Å². The predicted octanol–water partition coefficient (Wildman–Crippen LogP) is 2.24. The minimum Gasteiger partial charge on any atom is -0.496 e. The Bertz CT molecular complexity index is 442. The lowest BCUT2D eigenvalue weighted by Gasteiger charge is -2.27. The molecule has 4 heteroatoms. The van der Waals surface area contributed by atoms with Crippen LogP contribution in [0.1, 0.15) is 31.4 Å². The van der Waals surface area contributed by atoms with Gasteiger partial charge in [0.05, 0.1) is 7.11 Å². The summed E-state index contributed by atoms with van der Waals surface area (Å²) in [4.78, 5) is 2.49. The van der Waals surface area contributed by atoms with Gasteiger partial charge in [-0.2, -0.15) is 0 Å². The predicted molar refractivity (Wildman–Crippen MR) is 92.3 cm³/mol. The monoisotopic (exact) mass is 305 g/mol. The molecule has 0 atom stereocenters. The molecule has 4 nitrogen and oxygen atoms in total. The molecule has 0 unspecified atom stereocenters. The summed E-state index contributed by atoms with van der Waals surface area (Å²) in [6.45, 7) is 11.9. The van der Waals surface area contributed by atoms with Gasteiger partial charge >= 0.3 is 0 Å². The van der Waals surface area contributed by atoms with Crippen LogP contribution in [0.2, 0.25) is 0 Å². The minimum atomic E-state index is 0.746. The number of ether oxygens (including phenoxy) is 1. The summed E-state index contributed by atoms with van der Waals surface area (Å²) >= 11 is 0. The fraction of sp³-hybridized carbons (Fsp3) is 0.667. The van der Waals surface area contributed by atoms with Crippen molar-refractivity contribution >= 4 is 0 Å². The zero-order valence-corrected chi connectivity index (χ0v) is 14.3. The third kappa shape index (κ3) is 5.59. The lowest BCUT2D eigenvalue weighted by Crippen LogP contribution is -2.42. The quantitative estimate of drug-likeness (QED) is 0.722. The Morgan fingerprint density at radius 2 is 2.05 bits per heavy atom. The van der Waals surface area contributed by atoms with Gasteiger partial charge in [-0.3, -0.25) is 4.90 Å². The molecular formula is C18H31N3O. The van der Waals surface area contributed by atoms with Crippen molar-refractivity contribution in [3.63, 3.8) is 0 Å². The highest BCUT2D eigenvalue weighted by atomic mass is 16.5. The molecule has 0 radical (unpaired) electrons. The Hall–Kier alpha value is -1.10. The maximum Gasteiger partial charge on any atom is 0.123 e. The fourth-order valence-corrected chi connectivity index (χ4v) is 2.77. The molecule has 1 saturated heterocycles. The molecule has 0 bridgehead atoms. The highest BCUT2D eigenvalue weighted by Gasteiger charge is 2.11. The average Bonchev–Trinajstić information content (AvgIpc) is 2.53. The maximum absolute atomic E-state index is 5.58. The van der Waals surface area contributed by atoms with Gasteiger partial charge < -0.3 is 15.4 Å². The van der Waals surface area contributed by atoms with Crippen molar-refractivity contribution < 1.29 is 4.74 Å². The normalized spacial score (nSPS) is 16.2. The molecule has 1 heterocycles. The van der Waals surface area contributed by atoms with Gasteiger partial charge in [-0.05, 0) is 30.5 Å². The molecule has 0 aromatic heterocycles. The summed E-state index contributed by atoms with van der Waals surface area (Å²) < 4.78 is 5.58. The number of nitrogens with zero attached hydrogens (tertiary/aromatic N) is 1. The van der Waals surface area contributed by atoms with Crippen molar-refractivity contribution in [2.45, 2.75) is 33.4 Å². The van der Waals surface area contributed by atoms with Crippen LogP contribution >= 0.6 is 0 Å². The first-order valence-electron chi connectivity index (χ1n) is 8.48. The van der Waals surface area contributed by atoms with Crippen LogP contribution < -0.4 is 15.4 Å². The van der Waals surface area contributed by atoms with E-state index in [1.165, 1.54) is 17.5 Å². The zero-order valence-electron chi connectivity index (χ0n) is 14.3. The van der Waals surface area contributed by atoms with Gasteiger partial charge in [-0.1, -0.05) is 26.0 Å². The van der Waals surface area contributed by atoms with E-state index in [2.05, 4.69) is 47.6 Å². The summed E-state index contributed by atoms with van der Waals surface area (Å²) in [6.07, 6.45) is 1.21. The molecule has 0 aliphatic carbocycles. The molecule has 22 heavy (non-hydrogen) atoms. The number of hydrogen-bond donors (Lipinski definition) is 2. The number of rotatable bonds is 8. The first kappa shape index (κ1) is 17.3.